The number of hydrogen-bond acceptors (Lipinski definition) is 3. The molecule has 0 fully saturated rings. The van der Waals surface area contributed by atoms with E-state index in [1.165, 1.54) is 0 Å². The molecule has 0 aliphatic rings. The van der Waals surface area contributed by atoms with Crippen LogP contribution in [0.3, 0.4) is 0 Å². The Morgan fingerprint density at radius 1 is 1.18 bits per heavy atom. The lowest BCUT2D eigenvalue weighted by Crippen LogP contribution is -2.06. The van der Waals surface area contributed by atoms with Crippen LogP contribution in [0.15, 0.2) is 30.3 Å². The topological polar surface area (TPSA) is 38.3 Å². The summed E-state index contributed by atoms with van der Waals surface area (Å²) in [6.45, 7) is 6.26. The fourth-order valence-corrected chi connectivity index (χ4v) is 0.975. The highest BCUT2D eigenvalue weighted by atomic mass is 16.5. The van der Waals surface area contributed by atoms with Gasteiger partial charge in [0.2, 0.25) is 0 Å². The molecule has 0 atom stereocenters. The van der Waals surface area contributed by atoms with E-state index in [0.29, 0.717) is 13.0 Å². The van der Waals surface area contributed by atoms with E-state index in [0.717, 1.165) is 5.56 Å². The van der Waals surface area contributed by atoms with Crippen molar-refractivity contribution in [1.29, 1.82) is 0 Å². The van der Waals surface area contributed by atoms with Crippen molar-refractivity contribution in [3.63, 3.8) is 0 Å². The van der Waals surface area contributed by atoms with Gasteiger partial charge >= 0.3 is 5.97 Å². The molecule has 98 valence electrons. The predicted molar refractivity (Wildman–Crippen MR) is 73.1 cm³/mol. The molecule has 3 nitrogen and oxygen atoms in total. The number of hydrogen-bond donors (Lipinski definition) is 1. The molecule has 0 saturated carbocycles. The van der Waals surface area contributed by atoms with E-state index < -0.39 is 0 Å². The summed E-state index contributed by atoms with van der Waals surface area (Å²) in [5, 5.41) is 2.75. The van der Waals surface area contributed by atoms with Gasteiger partial charge in [0.25, 0.3) is 0 Å². The first-order valence-electron chi connectivity index (χ1n) is 6.02. The molecule has 0 saturated heterocycles. The van der Waals surface area contributed by atoms with Crippen molar-refractivity contribution in [1.82, 2.24) is 5.32 Å². The Morgan fingerprint density at radius 2 is 1.65 bits per heavy atom. The van der Waals surface area contributed by atoms with E-state index in [1.54, 1.807) is 0 Å². The van der Waals surface area contributed by atoms with Gasteiger partial charge in [-0.2, -0.15) is 0 Å². The van der Waals surface area contributed by atoms with Crippen LogP contribution in [0.5, 0.6) is 0 Å². The van der Waals surface area contributed by atoms with Gasteiger partial charge in [0, 0.05) is 0 Å². The molecular weight excluding hydrogens is 214 g/mol. The van der Waals surface area contributed by atoms with Gasteiger partial charge in [0.15, 0.2) is 0 Å². The Bertz CT molecular complexity index is 260. The smallest absolute Gasteiger partial charge is 0.310 e. The van der Waals surface area contributed by atoms with Gasteiger partial charge in [0.05, 0.1) is 13.0 Å². The Hall–Kier alpha value is -1.35. The van der Waals surface area contributed by atoms with Crippen molar-refractivity contribution >= 4 is 5.97 Å². The molecule has 0 heterocycles. The second kappa shape index (κ2) is 14.6. The van der Waals surface area contributed by atoms with Gasteiger partial charge in [-0.3, -0.25) is 4.79 Å². The van der Waals surface area contributed by atoms with E-state index >= 15 is 0 Å². The molecular formula is C14H25NO2. The number of ether oxygens (including phenoxy) is 1. The maximum atomic E-state index is 11.0. The minimum Gasteiger partial charge on any atom is -0.466 e. The van der Waals surface area contributed by atoms with Crippen LogP contribution in [0.25, 0.3) is 0 Å². The maximum Gasteiger partial charge on any atom is 0.310 e. The van der Waals surface area contributed by atoms with Crippen LogP contribution in [0.4, 0.5) is 0 Å². The average Bonchev–Trinajstić information content (AvgIpc) is 2.34. The zero-order valence-corrected chi connectivity index (χ0v) is 11.6. The van der Waals surface area contributed by atoms with Gasteiger partial charge in [-0.05, 0) is 26.6 Å². The highest BCUT2D eigenvalue weighted by molar-refractivity contribution is 5.72. The lowest BCUT2D eigenvalue weighted by atomic mass is 10.2. The SMILES string of the molecule is CC.CCOC(=O)Cc1ccccc1.CNC. The minimum absolute atomic E-state index is 0.163. The van der Waals surface area contributed by atoms with Crippen molar-refractivity contribution in [2.75, 3.05) is 20.7 Å². The van der Waals surface area contributed by atoms with E-state index in [4.69, 9.17) is 4.74 Å². The Kier molecular flexibility index (Phi) is 15.5. The predicted octanol–water partition coefficient (Wildman–Crippen LogP) is 2.65. The molecule has 1 aromatic carbocycles. The van der Waals surface area contributed by atoms with E-state index in [-0.39, 0.29) is 5.97 Å². The number of benzene rings is 1. The fourth-order valence-electron chi connectivity index (χ4n) is 0.975. The third-order valence-electron chi connectivity index (χ3n) is 1.50. The van der Waals surface area contributed by atoms with E-state index in [2.05, 4.69) is 5.32 Å². The lowest BCUT2D eigenvalue weighted by Gasteiger charge is -2.00. The van der Waals surface area contributed by atoms with Crippen molar-refractivity contribution in [3.8, 4) is 0 Å². The molecule has 1 rings (SSSR count). The maximum absolute atomic E-state index is 11.0. The monoisotopic (exact) mass is 239 g/mol. The third kappa shape index (κ3) is 12.6. The average molecular weight is 239 g/mol. The molecule has 0 radical (unpaired) electrons. The molecule has 0 aromatic heterocycles. The zero-order valence-electron chi connectivity index (χ0n) is 11.6. The lowest BCUT2D eigenvalue weighted by molar-refractivity contribution is -0.142. The van der Waals surface area contributed by atoms with Crippen LogP contribution in [-0.2, 0) is 16.0 Å². The third-order valence-corrected chi connectivity index (χ3v) is 1.50. The van der Waals surface area contributed by atoms with E-state index in [9.17, 15) is 4.79 Å². The molecule has 1 aromatic rings. The normalized spacial score (nSPS) is 8.06. The summed E-state index contributed by atoms with van der Waals surface area (Å²) >= 11 is 0. The summed E-state index contributed by atoms with van der Waals surface area (Å²) in [7, 11) is 3.75. The second-order valence-corrected chi connectivity index (χ2v) is 2.97. The van der Waals surface area contributed by atoms with Crippen LogP contribution in [-0.4, -0.2) is 26.7 Å². The highest BCUT2D eigenvalue weighted by Crippen LogP contribution is 2.00. The number of rotatable bonds is 3. The fraction of sp³-hybridized carbons (Fsp3) is 0.500. The summed E-state index contributed by atoms with van der Waals surface area (Å²) in [4.78, 5) is 11.0. The van der Waals surface area contributed by atoms with Crippen LogP contribution < -0.4 is 5.32 Å². The molecule has 17 heavy (non-hydrogen) atoms. The summed E-state index contributed by atoms with van der Waals surface area (Å²) < 4.78 is 4.81. The van der Waals surface area contributed by atoms with Crippen molar-refractivity contribution in [2.45, 2.75) is 27.2 Å². The van der Waals surface area contributed by atoms with Crippen molar-refractivity contribution in [3.05, 3.63) is 35.9 Å². The Balaban J connectivity index is 0. The molecule has 3 heteroatoms. The molecule has 0 spiro atoms. The summed E-state index contributed by atoms with van der Waals surface area (Å²) in [6.07, 6.45) is 0.370. The van der Waals surface area contributed by atoms with Gasteiger partial charge in [-0.1, -0.05) is 44.2 Å². The first-order chi connectivity index (χ1) is 8.24. The minimum atomic E-state index is -0.163. The second-order valence-electron chi connectivity index (χ2n) is 2.97. The van der Waals surface area contributed by atoms with Gasteiger partial charge in [-0.15, -0.1) is 0 Å². The van der Waals surface area contributed by atoms with Gasteiger partial charge in [0.1, 0.15) is 0 Å². The number of esters is 1. The number of nitrogens with one attached hydrogen (secondary N) is 1. The first-order valence-corrected chi connectivity index (χ1v) is 6.02. The summed E-state index contributed by atoms with van der Waals surface area (Å²) in [5.41, 5.74) is 0.996. The standard InChI is InChI=1S/C10H12O2.C2H7N.C2H6/c1-2-12-10(11)8-9-6-4-3-5-7-9;1-3-2;1-2/h3-7H,2,8H2,1H3;3H,1-2H3;1-2H3. The van der Waals surface area contributed by atoms with E-state index in [1.807, 2.05) is 65.2 Å². The van der Waals surface area contributed by atoms with Gasteiger partial charge < -0.3 is 10.1 Å². The molecule has 0 aliphatic carbocycles. The Labute approximate surface area is 105 Å². The first kappa shape index (κ1) is 18.0. The molecule has 0 aliphatic heterocycles. The van der Waals surface area contributed by atoms with Crippen LogP contribution in [0.2, 0.25) is 0 Å². The summed E-state index contributed by atoms with van der Waals surface area (Å²) in [6, 6.07) is 9.58. The zero-order chi connectivity index (χ0) is 13.5. The molecule has 0 amide bonds. The largest absolute Gasteiger partial charge is 0.466 e. The highest BCUT2D eigenvalue weighted by Gasteiger charge is 2.01. The van der Waals surface area contributed by atoms with Crippen LogP contribution >= 0.6 is 0 Å². The van der Waals surface area contributed by atoms with Crippen molar-refractivity contribution in [2.24, 2.45) is 0 Å². The van der Waals surface area contributed by atoms with Gasteiger partial charge in [-0.25, -0.2) is 0 Å². The molecule has 0 unspecified atom stereocenters. The summed E-state index contributed by atoms with van der Waals surface area (Å²) in [5.74, 6) is -0.163. The van der Waals surface area contributed by atoms with Crippen LogP contribution in [0, 0.1) is 0 Å². The number of carbonyl (C=O) groups is 1. The molecule has 1 N–H and O–H groups in total. The van der Waals surface area contributed by atoms with Crippen LogP contribution in [0.1, 0.15) is 26.3 Å². The Morgan fingerprint density at radius 3 is 2.06 bits per heavy atom. The van der Waals surface area contributed by atoms with Crippen molar-refractivity contribution < 1.29 is 9.53 Å². The quantitative estimate of drug-likeness (QED) is 0.824. The number of carbonyl (C=O) groups excluding carboxylic acids is 1. The molecule has 0 bridgehead atoms.